The van der Waals surface area contributed by atoms with E-state index in [1.165, 1.54) is 36.3 Å². The predicted octanol–water partition coefficient (Wildman–Crippen LogP) is 1.38. The topological polar surface area (TPSA) is 41.1 Å². The molecule has 0 radical (unpaired) electrons. The van der Waals surface area contributed by atoms with Crippen molar-refractivity contribution in [2.75, 3.05) is 18.0 Å². The molecule has 0 atom stereocenters. The number of piperidine rings is 1. The van der Waals surface area contributed by atoms with Crippen molar-refractivity contribution < 1.29 is 0 Å². The van der Waals surface area contributed by atoms with E-state index in [1.807, 2.05) is 6.92 Å². The number of hydrogen-bond donors (Lipinski definition) is 1. The Labute approximate surface area is 96.1 Å². The molecular weight excluding hydrogens is 200 g/mol. The molecule has 0 saturated carbocycles. The van der Waals surface area contributed by atoms with Gasteiger partial charge in [0.2, 0.25) is 0 Å². The number of fused-ring (bicyclic) bond motifs is 1. The van der Waals surface area contributed by atoms with E-state index >= 15 is 0 Å². The summed E-state index contributed by atoms with van der Waals surface area (Å²) in [6, 6.07) is 0. The molecule has 0 amide bonds. The molecule has 3 rings (SSSR count). The number of rotatable bonds is 1. The maximum Gasteiger partial charge on any atom is 0.137 e. The lowest BCUT2D eigenvalue weighted by Gasteiger charge is -2.29. The minimum absolute atomic E-state index is 0.902. The zero-order valence-corrected chi connectivity index (χ0v) is 9.79. The Hall–Kier alpha value is -1.16. The van der Waals surface area contributed by atoms with Crippen LogP contribution >= 0.6 is 0 Å². The minimum atomic E-state index is 0.902. The van der Waals surface area contributed by atoms with Gasteiger partial charge in [-0.2, -0.15) is 0 Å². The highest BCUT2D eigenvalue weighted by molar-refractivity contribution is 5.51. The lowest BCUT2D eigenvalue weighted by molar-refractivity contribution is 0.570. The van der Waals surface area contributed by atoms with Gasteiger partial charge in [-0.25, -0.2) is 9.97 Å². The van der Waals surface area contributed by atoms with Crippen LogP contribution in [-0.4, -0.2) is 23.1 Å². The largest absolute Gasteiger partial charge is 0.356 e. The molecule has 2 aliphatic heterocycles. The average molecular weight is 218 g/mol. The molecule has 0 bridgehead atoms. The van der Waals surface area contributed by atoms with E-state index in [9.17, 15) is 0 Å². The van der Waals surface area contributed by atoms with Gasteiger partial charge in [-0.15, -0.1) is 0 Å². The normalized spacial score (nSPS) is 19.9. The first-order chi connectivity index (χ1) is 7.84. The number of aryl methyl sites for hydroxylation is 1. The second kappa shape index (κ2) is 4.01. The van der Waals surface area contributed by atoms with E-state index in [2.05, 4.69) is 20.2 Å². The smallest absolute Gasteiger partial charge is 0.137 e. The number of hydrogen-bond acceptors (Lipinski definition) is 4. The maximum atomic E-state index is 4.64. The van der Waals surface area contributed by atoms with E-state index in [0.29, 0.717) is 0 Å². The molecule has 1 aromatic heterocycles. The van der Waals surface area contributed by atoms with Gasteiger partial charge in [0.1, 0.15) is 11.6 Å². The quantitative estimate of drug-likeness (QED) is 0.773. The second-order valence-corrected chi connectivity index (χ2v) is 4.67. The van der Waals surface area contributed by atoms with Gasteiger partial charge < -0.3 is 10.2 Å². The first kappa shape index (κ1) is 10.0. The number of nitrogens with one attached hydrogen (secondary N) is 1. The fourth-order valence-corrected chi connectivity index (χ4v) is 2.64. The highest BCUT2D eigenvalue weighted by Gasteiger charge is 2.22. The third-order valence-electron chi connectivity index (χ3n) is 3.43. The van der Waals surface area contributed by atoms with Crippen LogP contribution in [0.15, 0.2) is 0 Å². The van der Waals surface area contributed by atoms with Gasteiger partial charge in [-0.3, -0.25) is 0 Å². The van der Waals surface area contributed by atoms with Crippen LogP contribution in [0.4, 0.5) is 5.82 Å². The Balaban J connectivity index is 1.99. The molecule has 0 aliphatic carbocycles. The monoisotopic (exact) mass is 218 g/mol. The van der Waals surface area contributed by atoms with Crippen LogP contribution in [-0.2, 0) is 13.1 Å². The fourth-order valence-electron chi connectivity index (χ4n) is 2.64. The predicted molar refractivity (Wildman–Crippen MR) is 63.4 cm³/mol. The van der Waals surface area contributed by atoms with E-state index in [-0.39, 0.29) is 0 Å². The summed E-state index contributed by atoms with van der Waals surface area (Å²) in [7, 11) is 0. The Bertz CT molecular complexity index is 396. The zero-order valence-electron chi connectivity index (χ0n) is 9.79. The summed E-state index contributed by atoms with van der Waals surface area (Å²) in [5, 5.41) is 3.37. The van der Waals surface area contributed by atoms with Gasteiger partial charge >= 0.3 is 0 Å². The van der Waals surface area contributed by atoms with Crippen molar-refractivity contribution in [2.45, 2.75) is 39.3 Å². The summed E-state index contributed by atoms with van der Waals surface area (Å²) in [5.41, 5.74) is 2.53. The summed E-state index contributed by atoms with van der Waals surface area (Å²) >= 11 is 0. The van der Waals surface area contributed by atoms with Crippen molar-refractivity contribution in [3.05, 3.63) is 17.1 Å². The second-order valence-electron chi connectivity index (χ2n) is 4.67. The molecule has 0 aromatic carbocycles. The third kappa shape index (κ3) is 1.67. The van der Waals surface area contributed by atoms with Gasteiger partial charge in [0, 0.05) is 31.7 Å². The lowest BCUT2D eigenvalue weighted by Crippen LogP contribution is -2.31. The van der Waals surface area contributed by atoms with Crippen LogP contribution in [0.2, 0.25) is 0 Å². The molecule has 4 heteroatoms. The van der Waals surface area contributed by atoms with Crippen LogP contribution in [0.25, 0.3) is 0 Å². The highest BCUT2D eigenvalue weighted by Crippen LogP contribution is 2.26. The standard InChI is InChI=1S/C12H18N4/c1-9-14-11-8-13-7-10(11)12(15-9)16-5-3-2-4-6-16/h13H,2-8H2,1H3. The van der Waals surface area contributed by atoms with E-state index < -0.39 is 0 Å². The summed E-state index contributed by atoms with van der Waals surface area (Å²) in [4.78, 5) is 11.6. The number of anilines is 1. The highest BCUT2D eigenvalue weighted by atomic mass is 15.2. The molecule has 1 fully saturated rings. The van der Waals surface area contributed by atoms with Crippen LogP contribution in [0.5, 0.6) is 0 Å². The van der Waals surface area contributed by atoms with Gasteiger partial charge in [-0.05, 0) is 26.2 Å². The van der Waals surface area contributed by atoms with Crippen molar-refractivity contribution >= 4 is 5.82 Å². The van der Waals surface area contributed by atoms with Crippen molar-refractivity contribution in [3.8, 4) is 0 Å². The molecule has 86 valence electrons. The molecule has 4 nitrogen and oxygen atoms in total. The SMILES string of the molecule is Cc1nc2c(c(N3CCCCC3)n1)CNC2. The van der Waals surface area contributed by atoms with E-state index in [1.54, 1.807) is 0 Å². The maximum absolute atomic E-state index is 4.64. The first-order valence-electron chi connectivity index (χ1n) is 6.16. The Kier molecular flexibility index (Phi) is 2.52. The molecule has 0 unspecified atom stereocenters. The van der Waals surface area contributed by atoms with Crippen LogP contribution < -0.4 is 10.2 Å². The summed E-state index contributed by atoms with van der Waals surface area (Å²) in [5.74, 6) is 2.09. The van der Waals surface area contributed by atoms with Gasteiger partial charge in [-0.1, -0.05) is 0 Å². The Morgan fingerprint density at radius 1 is 1.06 bits per heavy atom. The minimum Gasteiger partial charge on any atom is -0.356 e. The van der Waals surface area contributed by atoms with Gasteiger partial charge in [0.25, 0.3) is 0 Å². The average Bonchev–Trinajstić information content (AvgIpc) is 2.77. The Morgan fingerprint density at radius 2 is 1.88 bits per heavy atom. The molecule has 1 saturated heterocycles. The third-order valence-corrected chi connectivity index (χ3v) is 3.43. The fraction of sp³-hybridized carbons (Fsp3) is 0.667. The molecule has 1 N–H and O–H groups in total. The molecule has 3 heterocycles. The lowest BCUT2D eigenvalue weighted by atomic mass is 10.1. The van der Waals surface area contributed by atoms with Crippen LogP contribution in [0.1, 0.15) is 36.3 Å². The zero-order chi connectivity index (χ0) is 11.0. The molecule has 0 spiro atoms. The molecule has 2 aliphatic rings. The van der Waals surface area contributed by atoms with Gasteiger partial charge in [0.15, 0.2) is 0 Å². The molecular formula is C12H18N4. The molecule has 16 heavy (non-hydrogen) atoms. The Morgan fingerprint density at radius 3 is 2.69 bits per heavy atom. The molecule has 1 aromatic rings. The van der Waals surface area contributed by atoms with E-state index in [4.69, 9.17) is 0 Å². The van der Waals surface area contributed by atoms with Crippen molar-refractivity contribution in [1.29, 1.82) is 0 Å². The van der Waals surface area contributed by atoms with Crippen molar-refractivity contribution in [3.63, 3.8) is 0 Å². The van der Waals surface area contributed by atoms with Crippen molar-refractivity contribution in [1.82, 2.24) is 15.3 Å². The van der Waals surface area contributed by atoms with E-state index in [0.717, 1.165) is 32.0 Å². The summed E-state index contributed by atoms with van der Waals surface area (Å²) in [6.07, 6.45) is 3.96. The van der Waals surface area contributed by atoms with Crippen LogP contribution in [0, 0.1) is 6.92 Å². The summed E-state index contributed by atoms with van der Waals surface area (Å²) < 4.78 is 0. The van der Waals surface area contributed by atoms with Crippen LogP contribution in [0.3, 0.4) is 0 Å². The van der Waals surface area contributed by atoms with Crippen molar-refractivity contribution in [2.24, 2.45) is 0 Å². The summed E-state index contributed by atoms with van der Waals surface area (Å²) in [6.45, 7) is 6.14. The number of nitrogens with zero attached hydrogens (tertiary/aromatic N) is 3. The van der Waals surface area contributed by atoms with Gasteiger partial charge in [0.05, 0.1) is 5.69 Å². The number of aromatic nitrogens is 2. The first-order valence-corrected chi connectivity index (χ1v) is 6.16.